The second kappa shape index (κ2) is 6.29. The number of fused-ring (bicyclic) bond motifs is 1. The third-order valence-electron chi connectivity index (χ3n) is 4.34. The summed E-state index contributed by atoms with van der Waals surface area (Å²) < 4.78 is 7.09. The average molecular weight is 341 g/mol. The molecule has 0 unspecified atom stereocenters. The molecule has 8 nitrogen and oxygen atoms in total. The number of carbonyl (C=O) groups is 1. The van der Waals surface area contributed by atoms with E-state index in [1.54, 1.807) is 18.5 Å². The molecule has 0 bridgehead atoms. The number of aliphatic hydroxyl groups is 1. The van der Waals surface area contributed by atoms with Gasteiger partial charge in [-0.3, -0.25) is 4.79 Å². The Kier molecular flexibility index (Phi) is 3.96. The van der Waals surface area contributed by atoms with Crippen molar-refractivity contribution in [2.45, 2.75) is 38.3 Å². The maximum atomic E-state index is 12.5. The number of aromatic nitrogens is 4. The summed E-state index contributed by atoms with van der Waals surface area (Å²) in [6.07, 6.45) is 3.86. The first-order valence-electron chi connectivity index (χ1n) is 8.36. The fraction of sp³-hybridized carbons (Fsp3) is 0.412. The number of benzene rings is 1. The second-order valence-corrected chi connectivity index (χ2v) is 6.33. The van der Waals surface area contributed by atoms with Gasteiger partial charge in [-0.2, -0.15) is 4.98 Å². The Morgan fingerprint density at radius 2 is 2.32 bits per heavy atom. The second-order valence-electron chi connectivity index (χ2n) is 6.33. The summed E-state index contributed by atoms with van der Waals surface area (Å²) in [5.41, 5.74) is 2.10. The molecule has 2 N–H and O–H groups in total. The van der Waals surface area contributed by atoms with Gasteiger partial charge in [0.05, 0.1) is 24.0 Å². The quantitative estimate of drug-likeness (QED) is 0.708. The highest BCUT2D eigenvalue weighted by Crippen LogP contribution is 2.38. The molecule has 25 heavy (non-hydrogen) atoms. The smallest absolute Gasteiger partial charge is 0.251 e. The lowest BCUT2D eigenvalue weighted by Crippen LogP contribution is -2.26. The highest BCUT2D eigenvalue weighted by molar-refractivity contribution is 5.97. The van der Waals surface area contributed by atoms with Gasteiger partial charge in [-0.05, 0) is 38.0 Å². The molecule has 0 spiro atoms. The van der Waals surface area contributed by atoms with Crippen LogP contribution in [-0.4, -0.2) is 37.3 Å². The third kappa shape index (κ3) is 3.12. The first-order chi connectivity index (χ1) is 12.2. The summed E-state index contributed by atoms with van der Waals surface area (Å²) in [6, 6.07) is 4.93. The monoisotopic (exact) mass is 341 g/mol. The zero-order chi connectivity index (χ0) is 17.4. The molecule has 1 atom stereocenters. The van der Waals surface area contributed by atoms with Crippen LogP contribution >= 0.6 is 0 Å². The van der Waals surface area contributed by atoms with E-state index in [0.29, 0.717) is 29.4 Å². The first kappa shape index (κ1) is 15.8. The van der Waals surface area contributed by atoms with Crippen molar-refractivity contribution in [1.29, 1.82) is 0 Å². The molecule has 3 aromatic rings. The molecular weight excluding hydrogens is 322 g/mol. The van der Waals surface area contributed by atoms with Crippen molar-refractivity contribution < 1.29 is 14.4 Å². The number of rotatable bonds is 6. The fourth-order valence-corrected chi connectivity index (χ4v) is 2.76. The summed E-state index contributed by atoms with van der Waals surface area (Å²) >= 11 is 0. The summed E-state index contributed by atoms with van der Waals surface area (Å²) in [6.45, 7) is 2.33. The molecule has 2 heterocycles. The highest BCUT2D eigenvalue weighted by Gasteiger charge is 2.29. The number of aliphatic hydroxyl groups excluding tert-OH is 1. The van der Waals surface area contributed by atoms with Crippen LogP contribution in [0.1, 0.15) is 53.8 Å². The standard InChI is InChI=1S/C17H19N5O3/c1-10(17-20-15(21-25-17)11-2-3-11)19-16(24)12-4-5-14-13(8-12)18-9-22(14)6-7-23/h4-5,8-11,23H,2-3,6-7H2,1H3,(H,19,24)/t10-/m1/s1. The summed E-state index contributed by atoms with van der Waals surface area (Å²) in [5.74, 6) is 1.34. The van der Waals surface area contributed by atoms with Crippen molar-refractivity contribution in [3.63, 3.8) is 0 Å². The van der Waals surface area contributed by atoms with E-state index in [1.807, 2.05) is 17.6 Å². The third-order valence-corrected chi connectivity index (χ3v) is 4.34. The van der Waals surface area contributed by atoms with E-state index in [0.717, 1.165) is 24.2 Å². The van der Waals surface area contributed by atoms with Crippen molar-refractivity contribution in [2.24, 2.45) is 0 Å². The predicted octanol–water partition coefficient (Wildman–Crippen LogP) is 1.78. The van der Waals surface area contributed by atoms with Crippen molar-refractivity contribution in [1.82, 2.24) is 25.0 Å². The summed E-state index contributed by atoms with van der Waals surface area (Å²) in [7, 11) is 0. The Morgan fingerprint density at radius 3 is 3.08 bits per heavy atom. The lowest BCUT2D eigenvalue weighted by atomic mass is 10.1. The van der Waals surface area contributed by atoms with E-state index in [1.165, 1.54) is 0 Å². The number of hydrogen-bond donors (Lipinski definition) is 2. The van der Waals surface area contributed by atoms with E-state index < -0.39 is 0 Å². The molecule has 0 saturated heterocycles. The Labute approximate surface area is 143 Å². The number of nitrogens with zero attached hydrogens (tertiary/aromatic N) is 4. The average Bonchev–Trinajstić information content (AvgIpc) is 3.20. The molecule has 1 saturated carbocycles. The van der Waals surface area contributed by atoms with Crippen molar-refractivity contribution in [3.8, 4) is 0 Å². The minimum atomic E-state index is -0.366. The van der Waals surface area contributed by atoms with Gasteiger partial charge < -0.3 is 19.5 Å². The van der Waals surface area contributed by atoms with Crippen LogP contribution in [-0.2, 0) is 6.54 Å². The Bertz CT molecular complexity index is 912. The van der Waals surface area contributed by atoms with Crippen LogP contribution < -0.4 is 5.32 Å². The highest BCUT2D eigenvalue weighted by atomic mass is 16.5. The first-order valence-corrected chi connectivity index (χ1v) is 8.36. The normalized spacial score (nSPS) is 15.4. The van der Waals surface area contributed by atoms with Gasteiger partial charge in [0.25, 0.3) is 5.91 Å². The molecule has 4 rings (SSSR count). The molecule has 0 aliphatic heterocycles. The van der Waals surface area contributed by atoms with Gasteiger partial charge in [-0.25, -0.2) is 4.98 Å². The van der Waals surface area contributed by atoms with Crippen LogP contribution in [0.5, 0.6) is 0 Å². The van der Waals surface area contributed by atoms with Gasteiger partial charge in [0.2, 0.25) is 5.89 Å². The number of amides is 1. The zero-order valence-electron chi connectivity index (χ0n) is 13.8. The van der Waals surface area contributed by atoms with Crippen LogP contribution in [0.3, 0.4) is 0 Å². The largest absolute Gasteiger partial charge is 0.395 e. The number of carbonyl (C=O) groups excluding carboxylic acids is 1. The molecule has 1 aliphatic carbocycles. The molecule has 1 amide bonds. The van der Waals surface area contributed by atoms with E-state index in [2.05, 4.69) is 20.4 Å². The molecular formula is C17H19N5O3. The Morgan fingerprint density at radius 1 is 1.48 bits per heavy atom. The van der Waals surface area contributed by atoms with E-state index in [4.69, 9.17) is 9.63 Å². The number of nitrogens with one attached hydrogen (secondary N) is 1. The van der Waals surface area contributed by atoms with Crippen LogP contribution in [0.4, 0.5) is 0 Å². The molecule has 2 aromatic heterocycles. The molecule has 0 radical (unpaired) electrons. The lowest BCUT2D eigenvalue weighted by molar-refractivity contribution is 0.0932. The molecule has 1 aliphatic rings. The van der Waals surface area contributed by atoms with Crippen molar-refractivity contribution >= 4 is 16.9 Å². The summed E-state index contributed by atoms with van der Waals surface area (Å²) in [4.78, 5) is 21.1. The zero-order valence-corrected chi connectivity index (χ0v) is 13.8. The minimum absolute atomic E-state index is 0.0399. The van der Waals surface area contributed by atoms with Crippen LogP contribution in [0.25, 0.3) is 11.0 Å². The Balaban J connectivity index is 1.48. The lowest BCUT2D eigenvalue weighted by Gasteiger charge is -2.10. The molecule has 1 fully saturated rings. The van der Waals surface area contributed by atoms with Gasteiger partial charge in [0.15, 0.2) is 5.82 Å². The van der Waals surface area contributed by atoms with Crippen LogP contribution in [0.15, 0.2) is 29.0 Å². The van der Waals surface area contributed by atoms with Gasteiger partial charge in [-0.15, -0.1) is 0 Å². The van der Waals surface area contributed by atoms with Crippen LogP contribution in [0.2, 0.25) is 0 Å². The maximum absolute atomic E-state index is 12.5. The molecule has 130 valence electrons. The van der Waals surface area contributed by atoms with Crippen LogP contribution in [0, 0.1) is 0 Å². The molecule has 1 aromatic carbocycles. The van der Waals surface area contributed by atoms with Crippen molar-refractivity contribution in [2.75, 3.05) is 6.61 Å². The van der Waals surface area contributed by atoms with E-state index in [-0.39, 0.29) is 18.6 Å². The SMILES string of the molecule is C[C@@H](NC(=O)c1ccc2c(c1)ncn2CCO)c1nc(C2CC2)no1. The number of hydrogen-bond acceptors (Lipinski definition) is 6. The fourth-order valence-electron chi connectivity index (χ4n) is 2.76. The van der Waals surface area contributed by atoms with Gasteiger partial charge in [-0.1, -0.05) is 5.16 Å². The van der Waals surface area contributed by atoms with Gasteiger partial charge in [0, 0.05) is 18.0 Å². The van der Waals surface area contributed by atoms with Gasteiger partial charge >= 0.3 is 0 Å². The minimum Gasteiger partial charge on any atom is -0.395 e. The number of imidazole rings is 1. The topological polar surface area (TPSA) is 106 Å². The maximum Gasteiger partial charge on any atom is 0.251 e. The predicted molar refractivity (Wildman–Crippen MR) is 89.0 cm³/mol. The van der Waals surface area contributed by atoms with E-state index in [9.17, 15) is 4.79 Å². The molecule has 8 heteroatoms. The van der Waals surface area contributed by atoms with Crippen molar-refractivity contribution in [3.05, 3.63) is 41.8 Å². The Hall–Kier alpha value is -2.74. The summed E-state index contributed by atoms with van der Waals surface area (Å²) in [5, 5.41) is 15.9. The van der Waals surface area contributed by atoms with Gasteiger partial charge in [0.1, 0.15) is 6.04 Å². The van der Waals surface area contributed by atoms with E-state index >= 15 is 0 Å².